The molecule has 20 heteroatoms. The molecule has 2 rings (SSSR count). The monoisotopic (exact) mass is 676 g/mol. The molecule has 0 spiro atoms. The zero-order valence-corrected chi connectivity index (χ0v) is 21.4. The standard InChI is InChI=1S/C25H14F14O6/c26-19(27,11-44-17(42)15(40)13-7-3-1-4-8-13)21(30,31)23(34,35)25(38,39)24(36,37)22(32,33)20(28,29)12-45-18(43)16(41)14-9-5-2-6-10-14/h1-10H,11-12H2. The number of hydrogen-bond acceptors (Lipinski definition) is 6. The van der Waals surface area contributed by atoms with Crippen molar-refractivity contribution < 1.29 is 90.1 Å². The average Bonchev–Trinajstić information content (AvgIpc) is 2.98. The van der Waals surface area contributed by atoms with Crippen LogP contribution in [0.3, 0.4) is 0 Å². The van der Waals surface area contributed by atoms with Crippen LogP contribution >= 0.6 is 0 Å². The number of rotatable bonds is 14. The number of ketones is 2. The third-order valence-corrected chi connectivity index (χ3v) is 5.71. The van der Waals surface area contributed by atoms with Gasteiger partial charge in [0.25, 0.3) is 11.6 Å². The van der Waals surface area contributed by atoms with Gasteiger partial charge in [0.05, 0.1) is 0 Å². The second-order valence-electron chi connectivity index (χ2n) is 8.82. The van der Waals surface area contributed by atoms with Gasteiger partial charge in [-0.15, -0.1) is 0 Å². The van der Waals surface area contributed by atoms with Crippen molar-refractivity contribution >= 4 is 23.5 Å². The highest BCUT2D eigenvalue weighted by atomic mass is 19.4. The Bertz CT molecular complexity index is 1310. The number of Topliss-reactive ketones (excluding diaryl/α,β-unsaturated/α-hetero) is 2. The van der Waals surface area contributed by atoms with E-state index >= 15 is 0 Å². The van der Waals surface area contributed by atoms with Gasteiger partial charge < -0.3 is 9.47 Å². The Balaban J connectivity index is 2.30. The van der Waals surface area contributed by atoms with Crippen LogP contribution in [0.1, 0.15) is 20.7 Å². The molecule has 0 saturated carbocycles. The van der Waals surface area contributed by atoms with Crippen LogP contribution in [-0.4, -0.2) is 78.2 Å². The third kappa shape index (κ3) is 6.44. The summed E-state index contributed by atoms with van der Waals surface area (Å²) in [4.78, 5) is 46.6. The number of carbonyl (C=O) groups excluding carboxylic acids is 4. The molecule has 0 aromatic heterocycles. The highest BCUT2D eigenvalue weighted by molar-refractivity contribution is 6.41. The Labute approximate surface area is 240 Å². The number of esters is 2. The zero-order valence-electron chi connectivity index (χ0n) is 21.4. The Morgan fingerprint density at radius 3 is 0.933 bits per heavy atom. The Kier molecular flexibility index (Phi) is 10.1. The quantitative estimate of drug-likeness (QED) is 0.101. The molecule has 0 amide bonds. The van der Waals surface area contributed by atoms with Gasteiger partial charge in [0.2, 0.25) is 0 Å². The van der Waals surface area contributed by atoms with Crippen molar-refractivity contribution in [3.63, 3.8) is 0 Å². The topological polar surface area (TPSA) is 86.7 Å². The van der Waals surface area contributed by atoms with Gasteiger partial charge in [0, 0.05) is 11.1 Å². The summed E-state index contributed by atoms with van der Waals surface area (Å²) in [6, 6.07) is 10.2. The number of benzene rings is 2. The normalized spacial score (nSPS) is 13.6. The summed E-state index contributed by atoms with van der Waals surface area (Å²) in [5.74, 6) is -63.2. The Morgan fingerprint density at radius 1 is 0.422 bits per heavy atom. The molecular formula is C25H14F14O6. The first kappa shape index (κ1) is 36.9. The van der Waals surface area contributed by atoms with E-state index in [1.807, 2.05) is 0 Å². The molecule has 45 heavy (non-hydrogen) atoms. The van der Waals surface area contributed by atoms with Gasteiger partial charge >= 0.3 is 53.4 Å². The van der Waals surface area contributed by atoms with E-state index in [0.717, 1.165) is 48.5 Å². The van der Waals surface area contributed by atoms with E-state index in [2.05, 4.69) is 9.47 Å². The van der Waals surface area contributed by atoms with E-state index < -0.39 is 89.3 Å². The molecule has 0 radical (unpaired) electrons. The third-order valence-electron chi connectivity index (χ3n) is 5.71. The summed E-state index contributed by atoms with van der Waals surface area (Å²) in [5.41, 5.74) is -1.29. The molecule has 0 atom stereocenters. The van der Waals surface area contributed by atoms with E-state index in [9.17, 15) is 80.6 Å². The van der Waals surface area contributed by atoms with E-state index in [1.54, 1.807) is 0 Å². The van der Waals surface area contributed by atoms with Gasteiger partial charge in [-0.25, -0.2) is 9.59 Å². The van der Waals surface area contributed by atoms with Crippen LogP contribution in [0.15, 0.2) is 60.7 Å². The molecule has 0 aliphatic carbocycles. The molecule has 2 aromatic rings. The van der Waals surface area contributed by atoms with E-state index in [1.165, 1.54) is 12.1 Å². The molecule has 248 valence electrons. The lowest BCUT2D eigenvalue weighted by Gasteiger charge is -2.42. The van der Waals surface area contributed by atoms with Crippen molar-refractivity contribution in [2.24, 2.45) is 0 Å². The predicted molar refractivity (Wildman–Crippen MR) is 118 cm³/mol. The first-order valence-corrected chi connectivity index (χ1v) is 11.5. The van der Waals surface area contributed by atoms with Crippen LogP contribution in [0, 0.1) is 0 Å². The molecule has 2 aromatic carbocycles. The highest BCUT2D eigenvalue weighted by Crippen LogP contribution is 2.62. The van der Waals surface area contributed by atoms with Gasteiger partial charge in [-0.05, 0) is 0 Å². The summed E-state index contributed by atoms with van der Waals surface area (Å²) in [7, 11) is 0. The SMILES string of the molecule is O=C(OCC(F)(F)C(F)(F)C(F)(F)C(F)(F)C(F)(F)C(F)(F)C(F)(F)COC(=O)C(=O)c1ccccc1)C(=O)c1ccccc1. The highest BCUT2D eigenvalue weighted by Gasteiger charge is 2.93. The summed E-state index contributed by atoms with van der Waals surface area (Å²) < 4.78 is 203. The van der Waals surface area contributed by atoms with E-state index in [0.29, 0.717) is 0 Å². The van der Waals surface area contributed by atoms with Crippen molar-refractivity contribution in [3.05, 3.63) is 71.8 Å². The summed E-state index contributed by atoms with van der Waals surface area (Å²) in [5, 5.41) is 0. The molecule has 0 N–H and O–H groups in total. The minimum atomic E-state index is -8.46. The van der Waals surface area contributed by atoms with Crippen molar-refractivity contribution in [2.45, 2.75) is 41.5 Å². The van der Waals surface area contributed by atoms with Crippen LogP contribution in [0.25, 0.3) is 0 Å². The molecule has 0 aliphatic rings. The Hall–Kier alpha value is -4.26. The minimum Gasteiger partial charge on any atom is -0.453 e. The number of ether oxygens (including phenoxy) is 2. The van der Waals surface area contributed by atoms with Crippen molar-refractivity contribution in [1.29, 1.82) is 0 Å². The maximum absolute atomic E-state index is 14.1. The summed E-state index contributed by atoms with van der Waals surface area (Å²) >= 11 is 0. The van der Waals surface area contributed by atoms with E-state index in [-0.39, 0.29) is 0 Å². The fourth-order valence-corrected chi connectivity index (χ4v) is 3.09. The molecule has 0 fully saturated rings. The molecule has 0 bridgehead atoms. The largest absolute Gasteiger partial charge is 0.453 e. The average molecular weight is 676 g/mol. The van der Waals surface area contributed by atoms with Crippen LogP contribution in [0.4, 0.5) is 61.5 Å². The minimum absolute atomic E-state index is 0.646. The van der Waals surface area contributed by atoms with Crippen molar-refractivity contribution in [1.82, 2.24) is 0 Å². The Morgan fingerprint density at radius 2 is 0.667 bits per heavy atom. The first-order valence-electron chi connectivity index (χ1n) is 11.5. The summed E-state index contributed by atoms with van der Waals surface area (Å²) in [6.07, 6.45) is 0. The van der Waals surface area contributed by atoms with Gasteiger partial charge in [-0.1, -0.05) is 60.7 Å². The van der Waals surface area contributed by atoms with Crippen LogP contribution < -0.4 is 0 Å². The summed E-state index contributed by atoms with van der Waals surface area (Å²) in [6.45, 7) is -6.79. The first-order chi connectivity index (χ1) is 20.3. The fraction of sp³-hybridized carbons (Fsp3) is 0.360. The maximum Gasteiger partial charge on any atom is 0.384 e. The zero-order chi connectivity index (χ0) is 34.9. The number of halogens is 14. The number of carbonyl (C=O) groups is 4. The van der Waals surface area contributed by atoms with Crippen molar-refractivity contribution in [2.75, 3.05) is 13.2 Å². The van der Waals surface area contributed by atoms with Gasteiger partial charge in [0.1, 0.15) is 0 Å². The fourth-order valence-electron chi connectivity index (χ4n) is 3.09. The van der Waals surface area contributed by atoms with Gasteiger partial charge in [0.15, 0.2) is 13.2 Å². The van der Waals surface area contributed by atoms with Gasteiger partial charge in [-0.3, -0.25) is 9.59 Å². The maximum atomic E-state index is 14.1. The molecular weight excluding hydrogens is 662 g/mol. The molecule has 6 nitrogen and oxygen atoms in total. The lowest BCUT2D eigenvalue weighted by Crippen LogP contribution is -2.73. The lowest BCUT2D eigenvalue weighted by molar-refractivity contribution is -0.443. The van der Waals surface area contributed by atoms with E-state index in [4.69, 9.17) is 0 Å². The molecule has 0 heterocycles. The van der Waals surface area contributed by atoms with Crippen LogP contribution in [-0.2, 0) is 19.1 Å². The molecule has 0 aliphatic heterocycles. The van der Waals surface area contributed by atoms with Crippen LogP contribution in [0.5, 0.6) is 0 Å². The van der Waals surface area contributed by atoms with Crippen LogP contribution in [0.2, 0.25) is 0 Å². The second kappa shape index (κ2) is 12.3. The predicted octanol–water partition coefficient (Wildman–Crippen LogP) is 6.29. The molecule has 0 saturated heterocycles. The second-order valence-corrected chi connectivity index (χ2v) is 8.82. The van der Waals surface area contributed by atoms with Gasteiger partial charge in [-0.2, -0.15) is 61.5 Å². The molecule has 0 unspecified atom stereocenters. The van der Waals surface area contributed by atoms with Crippen molar-refractivity contribution in [3.8, 4) is 0 Å². The lowest BCUT2D eigenvalue weighted by atomic mass is 9.89. The smallest absolute Gasteiger partial charge is 0.384 e. The number of alkyl halides is 14. The number of hydrogen-bond donors (Lipinski definition) is 0.